The zero-order valence-corrected chi connectivity index (χ0v) is 16.0. The average Bonchev–Trinajstić information content (AvgIpc) is 3.01. The second-order valence-electron chi connectivity index (χ2n) is 7.62. The second-order valence-corrected chi connectivity index (χ2v) is 7.62. The minimum atomic E-state index is -0.684. The van der Waals surface area contributed by atoms with Gasteiger partial charge in [0.2, 0.25) is 0 Å². The van der Waals surface area contributed by atoms with Gasteiger partial charge in [-0.3, -0.25) is 4.79 Å². The molecule has 0 bridgehead atoms. The summed E-state index contributed by atoms with van der Waals surface area (Å²) in [6, 6.07) is 8.84. The molecular weight excluding hydrogens is 324 g/mol. The van der Waals surface area contributed by atoms with Crippen LogP contribution >= 0.6 is 0 Å². The number of carboxylic acid groups (broad SMARTS) is 1. The van der Waals surface area contributed by atoms with Crippen LogP contribution in [0.3, 0.4) is 0 Å². The smallest absolute Gasteiger partial charge is 0.303 e. The van der Waals surface area contributed by atoms with Crippen molar-refractivity contribution in [2.75, 3.05) is 19.6 Å². The molecule has 0 amide bonds. The predicted molar refractivity (Wildman–Crippen MR) is 107 cm³/mol. The molecular formula is C22H32N2O2. The standard InChI is InChI=1S/C22H32N2O2/c1-2-3-6-14-24-17-20(19-8-4-5-9-21(19)24)18-11-15-23(16-12-18)13-7-10-22(25)26/h4-5,8-9,17-18H,2-3,6-7,10-16H2,1H3,(H,25,26). The predicted octanol–water partition coefficient (Wildman–Crippen LogP) is 4.88. The highest BCUT2D eigenvalue weighted by molar-refractivity contribution is 5.84. The van der Waals surface area contributed by atoms with Gasteiger partial charge in [-0.15, -0.1) is 0 Å². The maximum absolute atomic E-state index is 10.7. The van der Waals surface area contributed by atoms with Crippen molar-refractivity contribution in [2.45, 2.75) is 64.3 Å². The van der Waals surface area contributed by atoms with Crippen molar-refractivity contribution in [1.29, 1.82) is 0 Å². The van der Waals surface area contributed by atoms with Gasteiger partial charge in [-0.2, -0.15) is 0 Å². The van der Waals surface area contributed by atoms with Crippen LogP contribution in [0.2, 0.25) is 0 Å². The zero-order chi connectivity index (χ0) is 18.4. The normalized spacial score (nSPS) is 16.3. The van der Waals surface area contributed by atoms with E-state index in [-0.39, 0.29) is 6.42 Å². The molecule has 0 spiro atoms. The molecule has 1 aromatic heterocycles. The van der Waals surface area contributed by atoms with Crippen molar-refractivity contribution >= 4 is 16.9 Å². The molecule has 0 saturated carbocycles. The van der Waals surface area contributed by atoms with Crippen LogP contribution in [0.25, 0.3) is 10.9 Å². The molecule has 4 heteroatoms. The molecule has 26 heavy (non-hydrogen) atoms. The number of nitrogens with zero attached hydrogens (tertiary/aromatic N) is 2. The Hall–Kier alpha value is -1.81. The van der Waals surface area contributed by atoms with E-state index in [9.17, 15) is 4.79 Å². The van der Waals surface area contributed by atoms with Crippen LogP contribution in [0.5, 0.6) is 0 Å². The van der Waals surface area contributed by atoms with Crippen molar-refractivity contribution in [3.63, 3.8) is 0 Å². The minimum Gasteiger partial charge on any atom is -0.481 e. The minimum absolute atomic E-state index is 0.283. The van der Waals surface area contributed by atoms with Crippen LogP contribution in [0.15, 0.2) is 30.5 Å². The molecule has 2 aromatic rings. The number of unbranched alkanes of at least 4 members (excludes halogenated alkanes) is 2. The van der Waals surface area contributed by atoms with Crippen LogP contribution in [-0.4, -0.2) is 40.2 Å². The van der Waals surface area contributed by atoms with E-state index in [1.54, 1.807) is 0 Å². The highest BCUT2D eigenvalue weighted by Gasteiger charge is 2.23. The van der Waals surface area contributed by atoms with E-state index in [2.05, 4.69) is 46.9 Å². The molecule has 1 aliphatic heterocycles. The first-order valence-electron chi connectivity index (χ1n) is 10.2. The first-order valence-corrected chi connectivity index (χ1v) is 10.2. The molecule has 142 valence electrons. The summed E-state index contributed by atoms with van der Waals surface area (Å²) in [5, 5.41) is 10.2. The Labute approximate surface area is 156 Å². The SMILES string of the molecule is CCCCCn1cc(C2CCN(CCCC(=O)O)CC2)c2ccccc21. The molecule has 4 nitrogen and oxygen atoms in total. The van der Waals surface area contributed by atoms with Crippen LogP contribution in [0.4, 0.5) is 0 Å². The van der Waals surface area contributed by atoms with E-state index < -0.39 is 5.97 Å². The van der Waals surface area contributed by atoms with Gasteiger partial charge >= 0.3 is 5.97 Å². The number of piperidine rings is 1. The Morgan fingerprint density at radius 1 is 1.12 bits per heavy atom. The lowest BCUT2D eigenvalue weighted by atomic mass is 9.89. The Bertz CT molecular complexity index is 714. The molecule has 3 rings (SSSR count). The average molecular weight is 357 g/mol. The van der Waals surface area contributed by atoms with Crippen molar-refractivity contribution in [1.82, 2.24) is 9.47 Å². The summed E-state index contributed by atoms with van der Waals surface area (Å²) in [5.74, 6) is -0.0567. The van der Waals surface area contributed by atoms with Gasteiger partial charge in [0.1, 0.15) is 0 Å². The lowest BCUT2D eigenvalue weighted by molar-refractivity contribution is -0.137. The number of carbonyl (C=O) groups is 1. The number of rotatable bonds is 9. The highest BCUT2D eigenvalue weighted by Crippen LogP contribution is 2.34. The number of benzene rings is 1. The summed E-state index contributed by atoms with van der Waals surface area (Å²) in [5.41, 5.74) is 2.89. The van der Waals surface area contributed by atoms with Gasteiger partial charge in [-0.05, 0) is 62.9 Å². The van der Waals surface area contributed by atoms with Gasteiger partial charge < -0.3 is 14.6 Å². The van der Waals surface area contributed by atoms with E-state index in [1.807, 2.05) is 0 Å². The molecule has 0 atom stereocenters. The molecule has 1 aliphatic rings. The van der Waals surface area contributed by atoms with E-state index in [0.29, 0.717) is 5.92 Å². The first-order chi connectivity index (χ1) is 12.7. The number of hydrogen-bond acceptors (Lipinski definition) is 2. The summed E-state index contributed by atoms with van der Waals surface area (Å²) in [7, 11) is 0. The molecule has 1 N–H and O–H groups in total. The van der Waals surface area contributed by atoms with Crippen LogP contribution in [0.1, 0.15) is 63.4 Å². The molecule has 2 heterocycles. The number of aryl methyl sites for hydroxylation is 1. The third kappa shape index (κ3) is 4.67. The third-order valence-electron chi connectivity index (χ3n) is 5.71. The summed E-state index contributed by atoms with van der Waals surface area (Å²) in [6.45, 7) is 6.45. The Morgan fingerprint density at radius 3 is 2.62 bits per heavy atom. The number of aromatic nitrogens is 1. The quantitative estimate of drug-likeness (QED) is 0.652. The summed E-state index contributed by atoms with van der Waals surface area (Å²) in [6.07, 6.45) is 9.60. The molecule has 1 saturated heterocycles. The first kappa shape index (κ1) is 19.0. The van der Waals surface area contributed by atoms with Crippen molar-refractivity contribution in [3.05, 3.63) is 36.0 Å². The fraction of sp³-hybridized carbons (Fsp3) is 0.591. The Balaban J connectivity index is 1.64. The van der Waals surface area contributed by atoms with E-state index in [0.717, 1.165) is 32.6 Å². The van der Waals surface area contributed by atoms with Gasteiger partial charge in [0.15, 0.2) is 0 Å². The molecule has 0 aliphatic carbocycles. The number of likely N-dealkylation sites (tertiary alicyclic amines) is 1. The van der Waals surface area contributed by atoms with Crippen LogP contribution < -0.4 is 0 Å². The maximum atomic E-state index is 10.7. The van der Waals surface area contributed by atoms with Crippen LogP contribution in [-0.2, 0) is 11.3 Å². The fourth-order valence-electron chi connectivity index (χ4n) is 4.24. The Morgan fingerprint density at radius 2 is 1.88 bits per heavy atom. The van der Waals surface area contributed by atoms with Crippen molar-refractivity contribution in [3.8, 4) is 0 Å². The molecule has 1 fully saturated rings. The number of aliphatic carboxylic acids is 1. The lowest BCUT2D eigenvalue weighted by Crippen LogP contribution is -2.33. The summed E-state index contributed by atoms with van der Waals surface area (Å²) in [4.78, 5) is 13.1. The van der Waals surface area contributed by atoms with Gasteiger partial charge in [-0.1, -0.05) is 38.0 Å². The number of para-hydroxylation sites is 1. The monoisotopic (exact) mass is 356 g/mol. The largest absolute Gasteiger partial charge is 0.481 e. The fourth-order valence-corrected chi connectivity index (χ4v) is 4.24. The van der Waals surface area contributed by atoms with Crippen LogP contribution in [0, 0.1) is 0 Å². The number of fused-ring (bicyclic) bond motifs is 1. The van der Waals surface area contributed by atoms with Crippen molar-refractivity contribution in [2.24, 2.45) is 0 Å². The summed E-state index contributed by atoms with van der Waals surface area (Å²) >= 11 is 0. The van der Waals surface area contributed by atoms with Crippen molar-refractivity contribution < 1.29 is 9.90 Å². The van der Waals surface area contributed by atoms with Gasteiger partial charge in [-0.25, -0.2) is 0 Å². The maximum Gasteiger partial charge on any atom is 0.303 e. The topological polar surface area (TPSA) is 45.5 Å². The summed E-state index contributed by atoms with van der Waals surface area (Å²) < 4.78 is 2.46. The number of carboxylic acids is 1. The highest BCUT2D eigenvalue weighted by atomic mass is 16.4. The van der Waals surface area contributed by atoms with E-state index in [1.165, 1.54) is 48.6 Å². The zero-order valence-electron chi connectivity index (χ0n) is 16.0. The van der Waals surface area contributed by atoms with Gasteiger partial charge in [0.05, 0.1) is 0 Å². The number of hydrogen-bond donors (Lipinski definition) is 1. The van der Waals surface area contributed by atoms with E-state index in [4.69, 9.17) is 5.11 Å². The van der Waals surface area contributed by atoms with E-state index >= 15 is 0 Å². The van der Waals surface area contributed by atoms with Gasteiger partial charge in [0, 0.05) is 30.1 Å². The Kier molecular flexibility index (Phi) is 6.73. The third-order valence-corrected chi connectivity index (χ3v) is 5.71. The molecule has 1 aromatic carbocycles. The van der Waals surface area contributed by atoms with Gasteiger partial charge in [0.25, 0.3) is 0 Å². The second kappa shape index (κ2) is 9.22. The molecule has 0 radical (unpaired) electrons. The molecule has 0 unspecified atom stereocenters. The lowest BCUT2D eigenvalue weighted by Gasteiger charge is -2.31.